The lowest BCUT2D eigenvalue weighted by Gasteiger charge is -2.11. The van der Waals surface area contributed by atoms with Crippen molar-refractivity contribution in [1.29, 1.82) is 0 Å². The molecule has 1 saturated carbocycles. The van der Waals surface area contributed by atoms with E-state index in [1.54, 1.807) is 0 Å². The minimum atomic E-state index is -1.26. The third-order valence-electron chi connectivity index (χ3n) is 3.26. The topological polar surface area (TPSA) is 54.4 Å². The Kier molecular flexibility index (Phi) is 3.99. The van der Waals surface area contributed by atoms with E-state index in [9.17, 15) is 17.8 Å². The Morgan fingerprint density at radius 1 is 1.32 bits per heavy atom. The fourth-order valence-electron chi connectivity index (χ4n) is 2.08. The van der Waals surface area contributed by atoms with Gasteiger partial charge in [-0.2, -0.15) is 0 Å². The van der Waals surface area contributed by atoms with Gasteiger partial charge in [0.1, 0.15) is 0 Å². The van der Waals surface area contributed by atoms with Crippen molar-refractivity contribution in [2.24, 2.45) is 5.41 Å². The fraction of sp³-hybridized carbons (Fsp3) is 0.462. The summed E-state index contributed by atoms with van der Waals surface area (Å²) in [5.41, 5.74) is 0.110. The highest BCUT2D eigenvalue weighted by Gasteiger charge is 2.45. The number of carboxylic acids is 1. The molecule has 0 saturated heterocycles. The maximum absolute atomic E-state index is 13.0. The first-order valence-corrected chi connectivity index (χ1v) is 7.40. The second kappa shape index (κ2) is 5.36. The van der Waals surface area contributed by atoms with Crippen LogP contribution in [0.3, 0.4) is 0 Å². The van der Waals surface area contributed by atoms with Gasteiger partial charge in [0, 0.05) is 22.3 Å². The molecule has 104 valence electrons. The zero-order chi connectivity index (χ0) is 14.0. The lowest BCUT2D eigenvalue weighted by Crippen LogP contribution is -2.17. The summed E-state index contributed by atoms with van der Waals surface area (Å²) in [6, 6.07) is 3.43. The van der Waals surface area contributed by atoms with Gasteiger partial charge in [-0.1, -0.05) is 6.07 Å². The molecule has 1 unspecified atom stereocenters. The predicted molar refractivity (Wildman–Crippen MR) is 67.0 cm³/mol. The van der Waals surface area contributed by atoms with E-state index in [-0.39, 0.29) is 17.6 Å². The number of hydrogen-bond acceptors (Lipinski definition) is 2. The van der Waals surface area contributed by atoms with Crippen LogP contribution in [0.15, 0.2) is 18.2 Å². The van der Waals surface area contributed by atoms with E-state index in [4.69, 9.17) is 5.11 Å². The average Bonchev–Trinajstić information content (AvgIpc) is 3.01. The molecule has 1 fully saturated rings. The normalized spacial score (nSPS) is 18.0. The quantitative estimate of drug-likeness (QED) is 0.875. The van der Waals surface area contributed by atoms with Gasteiger partial charge in [-0.25, -0.2) is 8.78 Å². The summed E-state index contributed by atoms with van der Waals surface area (Å²) in [6.07, 6.45) is 1.56. The highest BCUT2D eigenvalue weighted by molar-refractivity contribution is 7.84. The van der Waals surface area contributed by atoms with E-state index < -0.39 is 28.4 Å². The Morgan fingerprint density at radius 2 is 2.00 bits per heavy atom. The average molecular weight is 288 g/mol. The van der Waals surface area contributed by atoms with E-state index in [0.717, 1.165) is 25.0 Å². The molecule has 0 bridgehead atoms. The molecule has 1 aliphatic carbocycles. The van der Waals surface area contributed by atoms with Crippen LogP contribution in [0.4, 0.5) is 8.78 Å². The van der Waals surface area contributed by atoms with Crippen LogP contribution in [0, 0.1) is 17.0 Å². The molecule has 1 aromatic rings. The van der Waals surface area contributed by atoms with Crippen molar-refractivity contribution in [2.45, 2.75) is 25.0 Å². The van der Waals surface area contributed by atoms with Crippen LogP contribution < -0.4 is 0 Å². The highest BCUT2D eigenvalue weighted by atomic mass is 32.2. The van der Waals surface area contributed by atoms with Crippen LogP contribution in [0.2, 0.25) is 0 Å². The minimum absolute atomic E-state index is 0.0243. The summed E-state index contributed by atoms with van der Waals surface area (Å²) in [7, 11) is -1.26. The molecular weight excluding hydrogens is 274 g/mol. The van der Waals surface area contributed by atoms with Crippen LogP contribution in [-0.4, -0.2) is 21.0 Å². The van der Waals surface area contributed by atoms with Crippen LogP contribution >= 0.6 is 0 Å². The van der Waals surface area contributed by atoms with Crippen LogP contribution in [0.25, 0.3) is 0 Å². The van der Waals surface area contributed by atoms with Crippen molar-refractivity contribution in [2.75, 3.05) is 5.75 Å². The van der Waals surface area contributed by atoms with Gasteiger partial charge in [0.15, 0.2) is 11.6 Å². The van der Waals surface area contributed by atoms with E-state index >= 15 is 0 Å². The number of hydrogen-bond donors (Lipinski definition) is 1. The first kappa shape index (κ1) is 14.1. The number of halogens is 2. The molecule has 3 nitrogen and oxygen atoms in total. The molecule has 1 aromatic carbocycles. The number of benzene rings is 1. The zero-order valence-corrected chi connectivity index (χ0v) is 11.0. The molecule has 0 radical (unpaired) electrons. The summed E-state index contributed by atoms with van der Waals surface area (Å²) in [4.78, 5) is 10.7. The van der Waals surface area contributed by atoms with Crippen molar-refractivity contribution < 1.29 is 22.9 Å². The van der Waals surface area contributed by atoms with Crippen LogP contribution in [0.5, 0.6) is 0 Å². The minimum Gasteiger partial charge on any atom is -0.481 e. The number of carbonyl (C=O) groups is 1. The lowest BCUT2D eigenvalue weighted by atomic mass is 10.1. The molecule has 1 atom stereocenters. The highest BCUT2D eigenvalue weighted by Crippen LogP contribution is 2.49. The monoisotopic (exact) mass is 288 g/mol. The third-order valence-corrected chi connectivity index (χ3v) is 4.85. The van der Waals surface area contributed by atoms with Gasteiger partial charge in [0.05, 0.1) is 6.42 Å². The molecule has 0 aromatic heterocycles. The molecule has 0 aliphatic heterocycles. The fourth-order valence-corrected chi connectivity index (χ4v) is 3.80. The van der Waals surface area contributed by atoms with Crippen LogP contribution in [0.1, 0.15) is 24.8 Å². The molecule has 19 heavy (non-hydrogen) atoms. The maximum atomic E-state index is 13.0. The number of carboxylic acid groups (broad SMARTS) is 1. The van der Waals surface area contributed by atoms with Crippen molar-refractivity contribution in [3.63, 3.8) is 0 Å². The third kappa shape index (κ3) is 3.83. The SMILES string of the molecule is O=C(O)CC1(CS(=O)Cc2ccc(F)c(F)c2)CC1. The summed E-state index contributed by atoms with van der Waals surface area (Å²) in [5, 5.41) is 8.77. The Hall–Kier alpha value is -1.30. The summed E-state index contributed by atoms with van der Waals surface area (Å²) in [5.74, 6) is -2.35. The second-order valence-electron chi connectivity index (χ2n) is 5.05. The van der Waals surface area contributed by atoms with Gasteiger partial charge in [-0.05, 0) is 36.0 Å². The van der Waals surface area contributed by atoms with Gasteiger partial charge in [-0.3, -0.25) is 9.00 Å². The van der Waals surface area contributed by atoms with Crippen molar-refractivity contribution in [1.82, 2.24) is 0 Å². The molecule has 1 aliphatic rings. The van der Waals surface area contributed by atoms with Gasteiger partial charge in [-0.15, -0.1) is 0 Å². The Labute approximate surface area is 112 Å². The Morgan fingerprint density at radius 3 is 2.53 bits per heavy atom. The molecule has 2 rings (SSSR count). The van der Waals surface area contributed by atoms with Crippen molar-refractivity contribution in [3.8, 4) is 0 Å². The van der Waals surface area contributed by atoms with E-state index in [1.807, 2.05) is 0 Å². The molecule has 6 heteroatoms. The zero-order valence-electron chi connectivity index (χ0n) is 10.2. The van der Waals surface area contributed by atoms with E-state index in [2.05, 4.69) is 0 Å². The smallest absolute Gasteiger partial charge is 0.303 e. The predicted octanol–water partition coefficient (Wildman–Crippen LogP) is 2.47. The first-order chi connectivity index (χ1) is 8.90. The molecule has 0 spiro atoms. The Balaban J connectivity index is 1.94. The summed E-state index contributed by atoms with van der Waals surface area (Å²) >= 11 is 0. The number of rotatable bonds is 6. The van der Waals surface area contributed by atoms with Gasteiger partial charge >= 0.3 is 5.97 Å². The summed E-state index contributed by atoms with van der Waals surface area (Å²) in [6.45, 7) is 0. The Bertz CT molecular complexity index is 527. The van der Waals surface area contributed by atoms with Crippen LogP contribution in [-0.2, 0) is 21.3 Å². The lowest BCUT2D eigenvalue weighted by molar-refractivity contribution is -0.138. The largest absolute Gasteiger partial charge is 0.481 e. The molecule has 0 heterocycles. The number of aliphatic carboxylic acids is 1. The maximum Gasteiger partial charge on any atom is 0.303 e. The molecular formula is C13H14F2O3S. The first-order valence-electron chi connectivity index (χ1n) is 5.91. The molecule has 0 amide bonds. The van der Waals surface area contributed by atoms with Crippen molar-refractivity contribution >= 4 is 16.8 Å². The van der Waals surface area contributed by atoms with Gasteiger partial charge in [0.25, 0.3) is 0 Å². The standard InChI is InChI=1S/C13H14F2O3S/c14-10-2-1-9(5-11(10)15)7-19(18)8-13(3-4-13)6-12(16)17/h1-2,5H,3-4,6-8H2,(H,16,17). The van der Waals surface area contributed by atoms with Gasteiger partial charge in [0.2, 0.25) is 0 Å². The van der Waals surface area contributed by atoms with Gasteiger partial charge < -0.3 is 5.11 Å². The second-order valence-corrected chi connectivity index (χ2v) is 6.50. The van der Waals surface area contributed by atoms with E-state index in [1.165, 1.54) is 6.07 Å². The molecule has 1 N–H and O–H groups in total. The van der Waals surface area contributed by atoms with E-state index in [0.29, 0.717) is 11.3 Å². The van der Waals surface area contributed by atoms with Crippen molar-refractivity contribution in [3.05, 3.63) is 35.4 Å². The summed E-state index contributed by atoms with van der Waals surface area (Å²) < 4.78 is 37.7.